The lowest BCUT2D eigenvalue weighted by atomic mass is 9.97. The Bertz CT molecular complexity index is 1340. The largest absolute Gasteiger partial charge is 0.490 e. The van der Waals surface area contributed by atoms with Crippen molar-refractivity contribution in [3.63, 3.8) is 0 Å². The van der Waals surface area contributed by atoms with Gasteiger partial charge in [-0.15, -0.1) is 0 Å². The highest BCUT2D eigenvalue weighted by molar-refractivity contribution is 7.66. The third kappa shape index (κ3) is 4.10. The zero-order chi connectivity index (χ0) is 24.8. The summed E-state index contributed by atoms with van der Waals surface area (Å²) in [6.07, 6.45) is -4.24. The van der Waals surface area contributed by atoms with Crippen LogP contribution in [0.1, 0.15) is 13.2 Å². The number of phosphoric acid groups is 3. The number of aromatic nitrogens is 4. The van der Waals surface area contributed by atoms with Crippen LogP contribution in [-0.2, 0) is 31.6 Å². The summed E-state index contributed by atoms with van der Waals surface area (Å²) in [7, 11) is -17.1. The second-order valence-electron chi connectivity index (χ2n) is 7.20. The van der Waals surface area contributed by atoms with Crippen molar-refractivity contribution in [2.24, 2.45) is 0 Å². The molecule has 2 aliphatic rings. The molecule has 1 saturated carbocycles. The quantitative estimate of drug-likeness (QED) is 0.204. The summed E-state index contributed by atoms with van der Waals surface area (Å²) in [5.41, 5.74) is -1.07. The van der Waals surface area contributed by atoms with Crippen LogP contribution in [0.2, 0.25) is 0 Å². The Hall–Kier alpha value is -1.59. The van der Waals surface area contributed by atoms with Crippen molar-refractivity contribution < 1.29 is 60.6 Å². The predicted molar refractivity (Wildman–Crippen MR) is 99.7 cm³/mol. The van der Waals surface area contributed by atoms with Gasteiger partial charge in [0.15, 0.2) is 28.7 Å². The minimum atomic E-state index is -5.82. The van der Waals surface area contributed by atoms with E-state index in [1.54, 1.807) is 0 Å². The number of phosphoric ester groups is 1. The van der Waals surface area contributed by atoms with Crippen molar-refractivity contribution >= 4 is 40.6 Å². The summed E-state index contributed by atoms with van der Waals surface area (Å²) < 4.78 is 67.7. The predicted octanol–water partition coefficient (Wildman–Crippen LogP) is -1.22. The molecule has 1 aliphatic carbocycles. The van der Waals surface area contributed by atoms with Gasteiger partial charge in [0.05, 0.1) is 6.33 Å². The molecule has 33 heavy (non-hydrogen) atoms. The summed E-state index contributed by atoms with van der Waals surface area (Å²) in [6.45, 7) is 0.834. The topological polar surface area (TPSA) is 279 Å². The van der Waals surface area contributed by atoms with E-state index in [1.165, 1.54) is 0 Å². The number of nitrogens with zero attached hydrogens (tertiary/aromatic N) is 3. The molecule has 0 aromatic carbocycles. The summed E-state index contributed by atoms with van der Waals surface area (Å²) in [5.74, 6) is -0.317. The number of fused-ring (bicyclic) bond motifs is 2. The molecule has 0 amide bonds. The van der Waals surface area contributed by atoms with Crippen molar-refractivity contribution in [3.05, 3.63) is 16.7 Å². The van der Waals surface area contributed by atoms with E-state index >= 15 is 4.39 Å². The van der Waals surface area contributed by atoms with Crippen LogP contribution >= 0.6 is 23.5 Å². The Morgan fingerprint density at radius 1 is 1.24 bits per heavy atom. The standard InChI is InChI=1S/C11H15FN5O13P3/c1-10(12)8(17-2-14-3-6(17)15-9(13)16-7(3)18)27-4-5(11(4,10)19)28-32(23,24)30-33(25,26)29-31(20,21)22/h2,4-5,8,19H,1H3,(H,23,24)(H,25,26)(H2,20,21,22)(H3,13,15,16,18)/t4-,5?,8-,10+,11+/m1/s1. The molecule has 0 spiro atoms. The monoisotopic (exact) mass is 537 g/mol. The Kier molecular flexibility index (Phi) is 5.36. The number of halogens is 1. The maximum Gasteiger partial charge on any atom is 0.490 e. The molecule has 1 saturated heterocycles. The van der Waals surface area contributed by atoms with E-state index in [-0.39, 0.29) is 17.1 Å². The smallest absolute Gasteiger partial charge is 0.381 e. The number of anilines is 1. The van der Waals surface area contributed by atoms with Gasteiger partial charge in [-0.2, -0.15) is 13.6 Å². The van der Waals surface area contributed by atoms with Gasteiger partial charge in [0, 0.05) is 0 Å². The summed E-state index contributed by atoms with van der Waals surface area (Å²) in [6, 6.07) is 0. The van der Waals surface area contributed by atoms with Gasteiger partial charge in [-0.3, -0.25) is 18.9 Å². The van der Waals surface area contributed by atoms with Gasteiger partial charge in [-0.1, -0.05) is 0 Å². The third-order valence-corrected chi connectivity index (χ3v) is 8.74. The van der Waals surface area contributed by atoms with Crippen LogP contribution in [0.5, 0.6) is 0 Å². The molecule has 0 bridgehead atoms. The van der Waals surface area contributed by atoms with Crippen LogP contribution in [0, 0.1) is 0 Å². The molecule has 0 radical (unpaired) electrons. The van der Waals surface area contributed by atoms with Crippen LogP contribution < -0.4 is 11.3 Å². The lowest BCUT2D eigenvalue weighted by Crippen LogP contribution is -2.45. The van der Waals surface area contributed by atoms with Crippen molar-refractivity contribution in [3.8, 4) is 0 Å². The summed E-state index contributed by atoms with van der Waals surface area (Å²) >= 11 is 0. The number of H-pyrrole nitrogens is 1. The first kappa shape index (κ1) is 24.5. The van der Waals surface area contributed by atoms with Gasteiger partial charge in [0.2, 0.25) is 5.95 Å². The molecular formula is C11H15FN5O13P3. The molecule has 2 aromatic rings. The molecule has 18 nitrogen and oxygen atoms in total. The first-order chi connectivity index (χ1) is 14.9. The lowest BCUT2D eigenvalue weighted by molar-refractivity contribution is -0.112. The average molecular weight is 537 g/mol. The SMILES string of the molecule is C[C@]1(F)[C@H](n2cnc3c(=O)[nH]c(N)nc32)O[C@@H]2C(OP(=O)(O)OP(=O)(O)OP(=O)(O)O)[C@@]21O. The second kappa shape index (κ2) is 7.21. The van der Waals surface area contributed by atoms with E-state index in [4.69, 9.17) is 20.3 Å². The molecular weight excluding hydrogens is 522 g/mol. The molecule has 184 valence electrons. The number of ether oxygens (including phenoxy) is 1. The highest BCUT2D eigenvalue weighted by atomic mass is 31.3. The number of imidazole rings is 1. The number of nitrogens with two attached hydrogens (primary N) is 1. The Balaban J connectivity index is 1.56. The fraction of sp³-hybridized carbons (Fsp3) is 0.545. The van der Waals surface area contributed by atoms with Crippen LogP contribution in [0.15, 0.2) is 11.1 Å². The highest BCUT2D eigenvalue weighted by Gasteiger charge is 2.85. The highest BCUT2D eigenvalue weighted by Crippen LogP contribution is 2.71. The molecule has 3 unspecified atom stereocenters. The van der Waals surface area contributed by atoms with Gasteiger partial charge in [0.25, 0.3) is 5.56 Å². The van der Waals surface area contributed by atoms with Crippen LogP contribution in [0.25, 0.3) is 11.2 Å². The molecule has 1 aliphatic heterocycles. The fourth-order valence-electron chi connectivity index (χ4n) is 3.53. The Morgan fingerprint density at radius 3 is 2.42 bits per heavy atom. The molecule has 8 N–H and O–H groups in total. The average Bonchev–Trinajstić information content (AvgIpc) is 2.89. The van der Waals surface area contributed by atoms with Gasteiger partial charge in [-0.05, 0) is 6.92 Å². The number of alkyl halides is 1. The van der Waals surface area contributed by atoms with E-state index in [2.05, 4.69) is 28.1 Å². The molecule has 3 heterocycles. The number of nitrogens with one attached hydrogen (secondary N) is 1. The van der Waals surface area contributed by atoms with Gasteiger partial charge in [0.1, 0.15) is 12.2 Å². The van der Waals surface area contributed by atoms with E-state index in [9.17, 15) is 33.4 Å². The van der Waals surface area contributed by atoms with Gasteiger partial charge in [-0.25, -0.2) is 23.1 Å². The van der Waals surface area contributed by atoms with Gasteiger partial charge < -0.3 is 35.2 Å². The van der Waals surface area contributed by atoms with Crippen molar-refractivity contribution in [2.45, 2.75) is 36.6 Å². The number of rotatable bonds is 7. The van der Waals surface area contributed by atoms with E-state index in [1.807, 2.05) is 0 Å². The minimum Gasteiger partial charge on any atom is -0.381 e. The van der Waals surface area contributed by atoms with Crippen molar-refractivity contribution in [2.75, 3.05) is 5.73 Å². The number of nitrogen functional groups attached to an aromatic ring is 1. The Morgan fingerprint density at radius 2 is 1.88 bits per heavy atom. The van der Waals surface area contributed by atoms with Crippen LogP contribution in [0.4, 0.5) is 10.3 Å². The second-order valence-corrected chi connectivity index (χ2v) is 11.6. The number of hydrogen-bond donors (Lipinski definition) is 7. The number of hydrogen-bond acceptors (Lipinski definition) is 12. The van der Waals surface area contributed by atoms with Crippen molar-refractivity contribution in [1.82, 2.24) is 19.5 Å². The lowest BCUT2D eigenvalue weighted by Gasteiger charge is -2.30. The zero-order valence-electron chi connectivity index (χ0n) is 16.0. The molecule has 7 atom stereocenters. The zero-order valence-corrected chi connectivity index (χ0v) is 18.6. The van der Waals surface area contributed by atoms with E-state index < -0.39 is 58.7 Å². The van der Waals surface area contributed by atoms with E-state index in [0.717, 1.165) is 17.8 Å². The van der Waals surface area contributed by atoms with Crippen LogP contribution in [-0.4, -0.2) is 67.7 Å². The normalized spacial score (nSPS) is 35.2. The van der Waals surface area contributed by atoms with Crippen molar-refractivity contribution in [1.29, 1.82) is 0 Å². The first-order valence-corrected chi connectivity index (χ1v) is 13.0. The molecule has 2 aromatic heterocycles. The molecule has 22 heteroatoms. The molecule has 4 rings (SSSR count). The first-order valence-electron chi connectivity index (χ1n) is 8.49. The summed E-state index contributed by atoms with van der Waals surface area (Å²) in [5, 5.41) is 10.7. The maximum atomic E-state index is 15.7. The number of aromatic amines is 1. The fourth-order valence-corrected chi connectivity index (χ4v) is 6.75. The maximum absolute atomic E-state index is 15.7. The minimum absolute atomic E-state index is 0.195. The van der Waals surface area contributed by atoms with Crippen LogP contribution in [0.3, 0.4) is 0 Å². The number of aliphatic hydroxyl groups is 1. The summed E-state index contributed by atoms with van der Waals surface area (Å²) in [4.78, 5) is 57.6. The van der Waals surface area contributed by atoms with Gasteiger partial charge >= 0.3 is 23.5 Å². The van der Waals surface area contributed by atoms with E-state index in [0.29, 0.717) is 0 Å². The third-order valence-electron chi connectivity index (χ3n) is 4.92. The Labute approximate surface area is 180 Å². The molecule has 2 fully saturated rings.